The summed E-state index contributed by atoms with van der Waals surface area (Å²) in [5.74, 6) is 0.0813. The van der Waals surface area contributed by atoms with Gasteiger partial charge in [0.1, 0.15) is 0 Å². The highest BCUT2D eigenvalue weighted by Crippen LogP contribution is 2.40. The van der Waals surface area contributed by atoms with Gasteiger partial charge in [0.05, 0.1) is 5.56 Å². The van der Waals surface area contributed by atoms with Gasteiger partial charge in [-0.3, -0.25) is 4.79 Å². The molecule has 0 unspecified atom stereocenters. The number of rotatable bonds is 0. The van der Waals surface area contributed by atoms with Crippen LogP contribution >= 0.6 is 0 Å². The quantitative estimate of drug-likeness (QED) is 0.687. The van der Waals surface area contributed by atoms with Crippen molar-refractivity contribution in [2.75, 3.05) is 5.32 Å². The molecule has 15 heavy (non-hydrogen) atoms. The third-order valence-electron chi connectivity index (χ3n) is 3.49. The lowest BCUT2D eigenvalue weighted by atomic mass is 9.82. The number of aryl methyl sites for hydroxylation is 1. The van der Waals surface area contributed by atoms with Gasteiger partial charge in [0, 0.05) is 11.1 Å². The highest BCUT2D eigenvalue weighted by Gasteiger charge is 2.29. The van der Waals surface area contributed by atoms with Gasteiger partial charge in [-0.15, -0.1) is 0 Å². The van der Waals surface area contributed by atoms with Crippen molar-refractivity contribution in [3.05, 3.63) is 41.0 Å². The first-order valence-corrected chi connectivity index (χ1v) is 5.23. The van der Waals surface area contributed by atoms with E-state index in [2.05, 4.69) is 17.4 Å². The summed E-state index contributed by atoms with van der Waals surface area (Å²) >= 11 is 0. The number of carbonyl (C=O) groups excluding carboxylic acids is 1. The number of hydrogen-bond donors (Lipinski definition) is 1. The van der Waals surface area contributed by atoms with Gasteiger partial charge in [-0.2, -0.15) is 0 Å². The van der Waals surface area contributed by atoms with Crippen LogP contribution in [0.2, 0.25) is 0 Å². The average Bonchev–Trinajstić information content (AvgIpc) is 2.50. The molecule has 1 aliphatic heterocycles. The number of carbonyl (C=O) groups is 1. The Balaban J connectivity index is 2.30. The van der Waals surface area contributed by atoms with Gasteiger partial charge in [-0.05, 0) is 35.4 Å². The Morgan fingerprint density at radius 1 is 1.20 bits per heavy atom. The van der Waals surface area contributed by atoms with E-state index in [0.29, 0.717) is 0 Å². The standard InChI is InChI=1S/C13H9NO/c15-13-12-9-5-4-7(9)6-8-2-1-3-10(14-13)11(8)12/h1-3,6H,4-5H2,(H,14,15). The van der Waals surface area contributed by atoms with Crippen molar-refractivity contribution in [1.82, 2.24) is 0 Å². The normalized spacial score (nSPS) is 16.1. The first-order valence-electron chi connectivity index (χ1n) is 5.23. The second kappa shape index (κ2) is 2.22. The molecule has 1 N–H and O–H groups in total. The molecule has 1 amide bonds. The fourth-order valence-electron chi connectivity index (χ4n) is 2.69. The van der Waals surface area contributed by atoms with Crippen LogP contribution in [-0.2, 0) is 12.8 Å². The SMILES string of the molecule is O=C1Nc2cccc3cc4c(c1c23)CC4. The number of anilines is 1. The van der Waals surface area contributed by atoms with Gasteiger partial charge >= 0.3 is 0 Å². The maximum absolute atomic E-state index is 11.8. The molecule has 0 aromatic heterocycles. The third-order valence-corrected chi connectivity index (χ3v) is 3.49. The molecule has 0 radical (unpaired) electrons. The van der Waals surface area contributed by atoms with Crippen LogP contribution in [0.4, 0.5) is 5.69 Å². The van der Waals surface area contributed by atoms with Crippen molar-refractivity contribution < 1.29 is 4.79 Å². The highest BCUT2D eigenvalue weighted by molar-refractivity contribution is 6.25. The predicted molar refractivity (Wildman–Crippen MR) is 59.3 cm³/mol. The van der Waals surface area contributed by atoms with Crippen molar-refractivity contribution in [2.45, 2.75) is 12.8 Å². The molecular weight excluding hydrogens is 186 g/mol. The lowest BCUT2D eigenvalue weighted by molar-refractivity contribution is 0.103. The highest BCUT2D eigenvalue weighted by atomic mass is 16.1. The Labute approximate surface area is 86.9 Å². The molecule has 4 rings (SSSR count). The Morgan fingerprint density at radius 3 is 2.93 bits per heavy atom. The maximum atomic E-state index is 11.8. The topological polar surface area (TPSA) is 29.1 Å². The number of amides is 1. The molecule has 1 aliphatic carbocycles. The van der Waals surface area contributed by atoms with E-state index in [0.717, 1.165) is 29.5 Å². The zero-order valence-corrected chi connectivity index (χ0v) is 8.13. The molecular formula is C13H9NO. The van der Waals surface area contributed by atoms with E-state index in [9.17, 15) is 4.79 Å². The van der Waals surface area contributed by atoms with E-state index in [1.807, 2.05) is 12.1 Å². The van der Waals surface area contributed by atoms with Gasteiger partial charge in [-0.25, -0.2) is 0 Å². The summed E-state index contributed by atoms with van der Waals surface area (Å²) in [5, 5.41) is 5.25. The molecule has 0 atom stereocenters. The summed E-state index contributed by atoms with van der Waals surface area (Å²) in [7, 11) is 0. The molecule has 2 aliphatic rings. The van der Waals surface area contributed by atoms with Crippen LogP contribution in [0.5, 0.6) is 0 Å². The summed E-state index contributed by atoms with van der Waals surface area (Å²) in [5.41, 5.74) is 4.53. The first-order chi connectivity index (χ1) is 7.34. The van der Waals surface area contributed by atoms with Gasteiger partial charge in [0.2, 0.25) is 0 Å². The smallest absolute Gasteiger partial charge is 0.256 e. The maximum Gasteiger partial charge on any atom is 0.256 e. The largest absolute Gasteiger partial charge is 0.321 e. The monoisotopic (exact) mass is 195 g/mol. The Hall–Kier alpha value is -1.83. The number of hydrogen-bond acceptors (Lipinski definition) is 1. The number of nitrogens with one attached hydrogen (secondary N) is 1. The molecule has 0 spiro atoms. The summed E-state index contributed by atoms with van der Waals surface area (Å²) in [6.07, 6.45) is 2.18. The zero-order chi connectivity index (χ0) is 9.99. The van der Waals surface area contributed by atoms with Crippen molar-refractivity contribution in [2.24, 2.45) is 0 Å². The molecule has 72 valence electrons. The Kier molecular flexibility index (Phi) is 1.10. The predicted octanol–water partition coefficient (Wildman–Crippen LogP) is 2.50. The summed E-state index contributed by atoms with van der Waals surface area (Å²) in [6.45, 7) is 0. The van der Waals surface area contributed by atoms with Crippen molar-refractivity contribution in [3.8, 4) is 0 Å². The van der Waals surface area contributed by atoms with Crippen LogP contribution < -0.4 is 5.32 Å². The lowest BCUT2D eigenvalue weighted by Crippen LogP contribution is -2.15. The lowest BCUT2D eigenvalue weighted by Gasteiger charge is -2.21. The minimum absolute atomic E-state index is 0.0813. The van der Waals surface area contributed by atoms with Crippen LogP contribution in [0, 0.1) is 0 Å². The van der Waals surface area contributed by atoms with E-state index in [1.54, 1.807) is 0 Å². The fraction of sp³-hybridized carbons (Fsp3) is 0.154. The van der Waals surface area contributed by atoms with Gasteiger partial charge in [-0.1, -0.05) is 18.2 Å². The minimum Gasteiger partial charge on any atom is -0.321 e. The summed E-state index contributed by atoms with van der Waals surface area (Å²) < 4.78 is 0. The zero-order valence-electron chi connectivity index (χ0n) is 8.13. The summed E-state index contributed by atoms with van der Waals surface area (Å²) in [4.78, 5) is 11.8. The van der Waals surface area contributed by atoms with Crippen molar-refractivity contribution in [3.63, 3.8) is 0 Å². The minimum atomic E-state index is 0.0813. The molecule has 0 saturated carbocycles. The van der Waals surface area contributed by atoms with E-state index >= 15 is 0 Å². The molecule has 1 heterocycles. The van der Waals surface area contributed by atoms with Gasteiger partial charge in [0.25, 0.3) is 5.91 Å². The van der Waals surface area contributed by atoms with E-state index < -0.39 is 0 Å². The second-order valence-electron chi connectivity index (χ2n) is 4.25. The number of benzene rings is 2. The van der Waals surface area contributed by atoms with Crippen LogP contribution in [0.15, 0.2) is 24.3 Å². The van der Waals surface area contributed by atoms with Crippen LogP contribution in [0.25, 0.3) is 10.8 Å². The number of fused-ring (bicyclic) bond motifs is 2. The summed E-state index contributed by atoms with van der Waals surface area (Å²) in [6, 6.07) is 8.28. The van der Waals surface area contributed by atoms with Crippen molar-refractivity contribution in [1.29, 1.82) is 0 Å². The van der Waals surface area contributed by atoms with E-state index in [4.69, 9.17) is 0 Å². The average molecular weight is 195 g/mol. The van der Waals surface area contributed by atoms with Gasteiger partial charge < -0.3 is 5.32 Å². The van der Waals surface area contributed by atoms with Crippen LogP contribution in [0.1, 0.15) is 21.5 Å². The fourth-order valence-corrected chi connectivity index (χ4v) is 2.69. The van der Waals surface area contributed by atoms with Crippen LogP contribution in [-0.4, -0.2) is 5.91 Å². The Morgan fingerprint density at radius 2 is 2.13 bits per heavy atom. The second-order valence-corrected chi connectivity index (χ2v) is 4.25. The molecule has 2 aromatic carbocycles. The molecule has 0 bridgehead atoms. The van der Waals surface area contributed by atoms with Gasteiger partial charge in [0.15, 0.2) is 0 Å². The molecule has 2 nitrogen and oxygen atoms in total. The van der Waals surface area contributed by atoms with Crippen LogP contribution in [0.3, 0.4) is 0 Å². The third kappa shape index (κ3) is 0.743. The molecule has 2 aromatic rings. The van der Waals surface area contributed by atoms with E-state index in [1.165, 1.54) is 16.5 Å². The Bertz CT molecular complexity index is 628. The molecule has 0 saturated heterocycles. The van der Waals surface area contributed by atoms with Crippen molar-refractivity contribution >= 4 is 22.4 Å². The van der Waals surface area contributed by atoms with E-state index in [-0.39, 0.29) is 5.91 Å². The molecule has 2 heteroatoms. The molecule has 0 fully saturated rings. The first kappa shape index (κ1) is 7.46.